The average molecular weight is 487 g/mol. The van der Waals surface area contributed by atoms with E-state index in [1.54, 1.807) is 0 Å². The largest absolute Gasteiger partial charge is 0.325 e. The van der Waals surface area contributed by atoms with E-state index in [-0.39, 0.29) is 35.5 Å². The fourth-order valence-corrected chi connectivity index (χ4v) is 5.95. The standard InChI is InChI=1S/C25H24ClFN2O3S/c26-22-10-6-11-23(27)21(22)17-33(31,32)29-15-13-19(14-16-29)25(30)28-24-12-5-4-9-20(24)18-7-2-1-3-8-18/h1-12,19H,13-17H2,(H,28,30). The third kappa shape index (κ3) is 5.43. The van der Waals surface area contributed by atoms with E-state index in [1.807, 2.05) is 54.6 Å². The summed E-state index contributed by atoms with van der Waals surface area (Å²) in [7, 11) is -3.75. The van der Waals surface area contributed by atoms with Crippen LogP contribution in [0.1, 0.15) is 18.4 Å². The van der Waals surface area contributed by atoms with E-state index in [0.717, 1.165) is 16.8 Å². The van der Waals surface area contributed by atoms with Crippen molar-refractivity contribution < 1.29 is 17.6 Å². The number of anilines is 1. The molecule has 1 heterocycles. The summed E-state index contributed by atoms with van der Waals surface area (Å²) in [5.41, 5.74) is 2.61. The van der Waals surface area contributed by atoms with Crippen LogP contribution in [0.25, 0.3) is 11.1 Å². The molecule has 0 atom stereocenters. The van der Waals surface area contributed by atoms with Gasteiger partial charge in [0.25, 0.3) is 0 Å². The Bertz CT molecular complexity index is 1220. The van der Waals surface area contributed by atoms with Gasteiger partial charge in [-0.25, -0.2) is 17.1 Å². The zero-order chi connectivity index (χ0) is 23.4. The van der Waals surface area contributed by atoms with Crippen molar-refractivity contribution in [3.8, 4) is 11.1 Å². The SMILES string of the molecule is O=C(Nc1ccccc1-c1ccccc1)C1CCN(S(=O)(=O)Cc2c(F)cccc2Cl)CC1. The molecule has 4 rings (SSSR count). The van der Waals surface area contributed by atoms with Crippen LogP contribution in [-0.4, -0.2) is 31.7 Å². The van der Waals surface area contributed by atoms with Crippen LogP contribution in [0.15, 0.2) is 72.8 Å². The number of amides is 1. The van der Waals surface area contributed by atoms with Crippen LogP contribution < -0.4 is 5.32 Å². The third-order valence-electron chi connectivity index (χ3n) is 5.88. The molecule has 1 aliphatic heterocycles. The highest BCUT2D eigenvalue weighted by Crippen LogP contribution is 2.30. The van der Waals surface area contributed by atoms with Crippen LogP contribution in [0, 0.1) is 11.7 Å². The first-order chi connectivity index (χ1) is 15.8. The van der Waals surface area contributed by atoms with Gasteiger partial charge in [-0.05, 0) is 36.6 Å². The quantitative estimate of drug-likeness (QED) is 0.512. The van der Waals surface area contributed by atoms with Crippen LogP contribution in [0.4, 0.5) is 10.1 Å². The number of hydrogen-bond acceptors (Lipinski definition) is 3. The smallest absolute Gasteiger partial charge is 0.227 e. The Morgan fingerprint density at radius 1 is 0.970 bits per heavy atom. The predicted octanol–water partition coefficient (Wildman–Crippen LogP) is 5.33. The molecule has 172 valence electrons. The molecule has 5 nitrogen and oxygen atoms in total. The van der Waals surface area contributed by atoms with Gasteiger partial charge in [0.05, 0.1) is 5.75 Å². The van der Waals surface area contributed by atoms with Crippen molar-refractivity contribution in [1.29, 1.82) is 0 Å². The number of nitrogens with zero attached hydrogens (tertiary/aromatic N) is 1. The van der Waals surface area contributed by atoms with Crippen molar-refractivity contribution in [2.24, 2.45) is 5.92 Å². The summed E-state index contributed by atoms with van der Waals surface area (Å²) in [5, 5.41) is 3.10. The van der Waals surface area contributed by atoms with E-state index >= 15 is 0 Å². The summed E-state index contributed by atoms with van der Waals surface area (Å²) in [4.78, 5) is 12.9. The summed E-state index contributed by atoms with van der Waals surface area (Å²) < 4.78 is 41.0. The molecule has 1 aliphatic rings. The Hall–Kier alpha value is -2.74. The molecule has 0 aromatic heterocycles. The second kappa shape index (κ2) is 10.0. The number of nitrogens with one attached hydrogen (secondary N) is 1. The predicted molar refractivity (Wildman–Crippen MR) is 129 cm³/mol. The van der Waals surface area contributed by atoms with Gasteiger partial charge in [-0.2, -0.15) is 0 Å². The minimum atomic E-state index is -3.75. The van der Waals surface area contributed by atoms with Crippen molar-refractivity contribution in [2.45, 2.75) is 18.6 Å². The second-order valence-corrected chi connectivity index (χ2v) is 10.4. The van der Waals surface area contributed by atoms with E-state index in [2.05, 4.69) is 5.32 Å². The molecule has 33 heavy (non-hydrogen) atoms. The van der Waals surface area contributed by atoms with Gasteiger partial charge in [-0.1, -0.05) is 66.2 Å². The van der Waals surface area contributed by atoms with Gasteiger partial charge in [-0.3, -0.25) is 4.79 Å². The zero-order valence-electron chi connectivity index (χ0n) is 17.9. The summed E-state index contributed by atoms with van der Waals surface area (Å²) >= 11 is 6.00. The number of para-hydroxylation sites is 1. The lowest BCUT2D eigenvalue weighted by Gasteiger charge is -2.30. The highest BCUT2D eigenvalue weighted by molar-refractivity contribution is 7.88. The number of sulfonamides is 1. The maximum absolute atomic E-state index is 14.1. The summed E-state index contributed by atoms with van der Waals surface area (Å²) in [6.45, 7) is 0.402. The first kappa shape index (κ1) is 23.4. The van der Waals surface area contributed by atoms with E-state index in [9.17, 15) is 17.6 Å². The highest BCUT2D eigenvalue weighted by Gasteiger charge is 2.32. The topological polar surface area (TPSA) is 66.5 Å². The molecule has 3 aromatic rings. The lowest BCUT2D eigenvalue weighted by atomic mass is 9.96. The van der Waals surface area contributed by atoms with Crippen molar-refractivity contribution in [3.63, 3.8) is 0 Å². The molecule has 1 amide bonds. The van der Waals surface area contributed by atoms with Gasteiger partial charge >= 0.3 is 0 Å². The normalized spacial score (nSPS) is 15.3. The lowest BCUT2D eigenvalue weighted by Crippen LogP contribution is -2.42. The van der Waals surface area contributed by atoms with Gasteiger partial charge < -0.3 is 5.32 Å². The molecule has 1 fully saturated rings. The Morgan fingerprint density at radius 2 is 1.64 bits per heavy atom. The number of carbonyl (C=O) groups is 1. The Morgan fingerprint density at radius 3 is 2.33 bits per heavy atom. The number of benzene rings is 3. The van der Waals surface area contributed by atoms with Gasteiger partial charge in [-0.15, -0.1) is 0 Å². The maximum Gasteiger partial charge on any atom is 0.227 e. The van der Waals surface area contributed by atoms with Gasteiger partial charge in [0.2, 0.25) is 15.9 Å². The Balaban J connectivity index is 1.40. The molecular weight excluding hydrogens is 463 g/mol. The summed E-state index contributed by atoms with van der Waals surface area (Å²) in [6, 6.07) is 21.5. The van der Waals surface area contributed by atoms with Gasteiger partial charge in [0.15, 0.2) is 0 Å². The molecule has 0 bridgehead atoms. The average Bonchev–Trinajstić information content (AvgIpc) is 2.82. The van der Waals surface area contributed by atoms with E-state index < -0.39 is 21.6 Å². The Kier molecular flexibility index (Phi) is 7.12. The lowest BCUT2D eigenvalue weighted by molar-refractivity contribution is -0.120. The zero-order valence-corrected chi connectivity index (χ0v) is 19.4. The first-order valence-corrected chi connectivity index (χ1v) is 12.7. The van der Waals surface area contributed by atoms with Crippen molar-refractivity contribution in [3.05, 3.63) is 89.2 Å². The molecule has 0 saturated carbocycles. The van der Waals surface area contributed by atoms with E-state index in [4.69, 9.17) is 11.6 Å². The van der Waals surface area contributed by atoms with Gasteiger partial charge in [0, 0.05) is 40.8 Å². The minimum Gasteiger partial charge on any atom is -0.325 e. The van der Waals surface area contributed by atoms with Crippen LogP contribution in [-0.2, 0) is 20.6 Å². The number of halogens is 2. The first-order valence-electron chi connectivity index (χ1n) is 10.7. The van der Waals surface area contributed by atoms with Crippen molar-refractivity contribution in [2.75, 3.05) is 18.4 Å². The minimum absolute atomic E-state index is 0.0310. The molecule has 0 aliphatic carbocycles. The fourth-order valence-electron chi connectivity index (χ4n) is 4.04. The van der Waals surface area contributed by atoms with Crippen LogP contribution in [0.5, 0.6) is 0 Å². The molecule has 8 heteroatoms. The Labute approximate surface area is 198 Å². The van der Waals surface area contributed by atoms with Crippen LogP contribution >= 0.6 is 11.6 Å². The molecule has 1 N–H and O–H groups in total. The molecule has 1 saturated heterocycles. The van der Waals surface area contributed by atoms with Crippen LogP contribution in [0.2, 0.25) is 5.02 Å². The number of rotatable bonds is 6. The fraction of sp³-hybridized carbons (Fsp3) is 0.240. The monoisotopic (exact) mass is 486 g/mol. The number of hydrogen-bond donors (Lipinski definition) is 1. The van der Waals surface area contributed by atoms with E-state index in [1.165, 1.54) is 22.5 Å². The molecular formula is C25H24ClFN2O3S. The summed E-state index contributed by atoms with van der Waals surface area (Å²) in [6.07, 6.45) is 0.785. The second-order valence-electron chi connectivity index (χ2n) is 8.03. The molecule has 0 radical (unpaired) electrons. The van der Waals surface area contributed by atoms with Crippen molar-refractivity contribution in [1.82, 2.24) is 4.31 Å². The summed E-state index contributed by atoms with van der Waals surface area (Å²) in [5.74, 6) is -1.58. The molecule has 0 spiro atoms. The van der Waals surface area contributed by atoms with Crippen molar-refractivity contribution >= 4 is 33.2 Å². The third-order valence-corrected chi connectivity index (χ3v) is 8.04. The molecule has 0 unspecified atom stereocenters. The number of piperidine rings is 1. The number of carbonyl (C=O) groups excluding carboxylic acids is 1. The van der Waals surface area contributed by atoms with Crippen LogP contribution in [0.3, 0.4) is 0 Å². The highest BCUT2D eigenvalue weighted by atomic mass is 35.5. The van der Waals surface area contributed by atoms with Gasteiger partial charge in [0.1, 0.15) is 5.82 Å². The van der Waals surface area contributed by atoms with E-state index in [0.29, 0.717) is 12.8 Å². The molecule has 3 aromatic carbocycles. The maximum atomic E-state index is 14.1.